The van der Waals surface area contributed by atoms with Gasteiger partial charge in [0.25, 0.3) is 0 Å². The first-order chi connectivity index (χ1) is 13.4. The van der Waals surface area contributed by atoms with Gasteiger partial charge in [-0.25, -0.2) is 23.5 Å². The number of nitrogens with one attached hydrogen (secondary N) is 1. The molecule has 3 N–H and O–H groups in total. The molecule has 0 amide bonds. The van der Waals surface area contributed by atoms with E-state index >= 15 is 0 Å². The van der Waals surface area contributed by atoms with Crippen LogP contribution in [0.25, 0.3) is 0 Å². The van der Waals surface area contributed by atoms with Gasteiger partial charge in [-0.15, -0.1) is 0 Å². The molecule has 4 rings (SSSR count). The molecule has 7 nitrogen and oxygen atoms in total. The van der Waals surface area contributed by atoms with E-state index in [4.69, 9.17) is 5.14 Å². The smallest absolute Gasteiger partial charge is 0.238 e. The zero-order valence-electron chi connectivity index (χ0n) is 15.5. The van der Waals surface area contributed by atoms with Gasteiger partial charge in [-0.05, 0) is 48.7 Å². The van der Waals surface area contributed by atoms with E-state index in [0.29, 0.717) is 12.4 Å². The Morgan fingerprint density at radius 2 is 1.82 bits per heavy atom. The van der Waals surface area contributed by atoms with Gasteiger partial charge in [0.1, 0.15) is 17.5 Å². The van der Waals surface area contributed by atoms with E-state index in [-0.39, 0.29) is 4.90 Å². The molecule has 0 unspecified atom stereocenters. The first-order valence-corrected chi connectivity index (χ1v) is 10.5. The molecule has 0 fully saturated rings. The number of aryl methyl sites for hydroxylation is 1. The Hall–Kier alpha value is -2.97. The largest absolute Gasteiger partial charge is 0.352 e. The predicted molar refractivity (Wildman–Crippen MR) is 109 cm³/mol. The van der Waals surface area contributed by atoms with Gasteiger partial charge in [-0.2, -0.15) is 0 Å². The second-order valence-electron chi connectivity index (χ2n) is 6.80. The van der Waals surface area contributed by atoms with E-state index in [9.17, 15) is 8.42 Å². The van der Waals surface area contributed by atoms with E-state index in [0.717, 1.165) is 41.4 Å². The number of fused-ring (bicyclic) bond motifs is 1. The Labute approximate surface area is 164 Å². The van der Waals surface area contributed by atoms with Crippen LogP contribution in [0.1, 0.15) is 17.0 Å². The number of hydrogen-bond acceptors (Lipinski definition) is 6. The number of nitrogens with zero attached hydrogens (tertiary/aromatic N) is 3. The van der Waals surface area contributed by atoms with Crippen LogP contribution in [0.15, 0.2) is 59.5 Å². The minimum Gasteiger partial charge on any atom is -0.352 e. The summed E-state index contributed by atoms with van der Waals surface area (Å²) in [5.74, 6) is 2.19. The first kappa shape index (κ1) is 18.4. The van der Waals surface area contributed by atoms with Crippen LogP contribution >= 0.6 is 0 Å². The van der Waals surface area contributed by atoms with Crippen LogP contribution in [0, 0.1) is 6.92 Å². The van der Waals surface area contributed by atoms with Crippen molar-refractivity contribution in [3.05, 3.63) is 71.5 Å². The molecular weight excluding hydrogens is 374 g/mol. The molecule has 8 heteroatoms. The summed E-state index contributed by atoms with van der Waals surface area (Å²) in [6.07, 6.45) is 0.810. The minimum atomic E-state index is -3.72. The summed E-state index contributed by atoms with van der Waals surface area (Å²) in [6, 6.07) is 16.8. The molecule has 2 heterocycles. The van der Waals surface area contributed by atoms with Gasteiger partial charge >= 0.3 is 0 Å². The van der Waals surface area contributed by atoms with Crippen molar-refractivity contribution < 1.29 is 8.42 Å². The van der Waals surface area contributed by atoms with E-state index < -0.39 is 10.0 Å². The summed E-state index contributed by atoms with van der Waals surface area (Å²) in [5.41, 5.74) is 3.04. The Balaban J connectivity index is 1.62. The van der Waals surface area contributed by atoms with Crippen molar-refractivity contribution >= 4 is 27.3 Å². The lowest BCUT2D eigenvalue weighted by Gasteiger charge is -2.30. The Kier molecular flexibility index (Phi) is 4.74. The van der Waals surface area contributed by atoms with Gasteiger partial charge in [-0.3, -0.25) is 0 Å². The molecule has 1 aliphatic rings. The Bertz CT molecular complexity index is 1120. The molecule has 144 valence electrons. The van der Waals surface area contributed by atoms with Crippen LogP contribution < -0.4 is 15.4 Å². The van der Waals surface area contributed by atoms with Crippen LogP contribution in [-0.4, -0.2) is 24.9 Å². The van der Waals surface area contributed by atoms with Gasteiger partial charge in [0.05, 0.1) is 4.90 Å². The fourth-order valence-corrected chi connectivity index (χ4v) is 3.92. The maximum atomic E-state index is 11.7. The van der Waals surface area contributed by atoms with E-state index in [2.05, 4.69) is 20.2 Å². The van der Waals surface area contributed by atoms with E-state index in [1.54, 1.807) is 12.1 Å². The van der Waals surface area contributed by atoms with Crippen molar-refractivity contribution in [2.75, 3.05) is 16.8 Å². The molecule has 0 atom stereocenters. The molecule has 28 heavy (non-hydrogen) atoms. The predicted octanol–water partition coefficient (Wildman–Crippen LogP) is 2.74. The molecule has 1 aromatic heterocycles. The number of rotatable bonds is 4. The number of nitrogens with two attached hydrogens (primary N) is 1. The number of primary sulfonamides is 1. The van der Waals surface area contributed by atoms with Gasteiger partial charge in [0.2, 0.25) is 10.0 Å². The fourth-order valence-electron chi connectivity index (χ4n) is 3.35. The van der Waals surface area contributed by atoms with Crippen molar-refractivity contribution in [3.63, 3.8) is 0 Å². The summed E-state index contributed by atoms with van der Waals surface area (Å²) in [7, 11) is -3.72. The normalized spacial score (nSPS) is 13.9. The molecule has 3 aromatic rings. The number of aromatic nitrogens is 2. The highest BCUT2D eigenvalue weighted by Gasteiger charge is 2.20. The van der Waals surface area contributed by atoms with Crippen molar-refractivity contribution in [1.82, 2.24) is 9.97 Å². The molecule has 0 radical (unpaired) electrons. The summed E-state index contributed by atoms with van der Waals surface area (Å²) in [6.45, 7) is 3.22. The monoisotopic (exact) mass is 395 g/mol. The van der Waals surface area contributed by atoms with Crippen molar-refractivity contribution in [2.24, 2.45) is 5.14 Å². The summed E-state index contributed by atoms with van der Waals surface area (Å²) < 4.78 is 23.3. The van der Waals surface area contributed by atoms with Crippen LogP contribution in [0.2, 0.25) is 0 Å². The molecule has 0 saturated heterocycles. The van der Waals surface area contributed by atoms with Crippen LogP contribution in [0.5, 0.6) is 0 Å². The SMILES string of the molecule is Cc1nc(Nc2ccccc2)cc(N2CCc3ccc(S(N)(=O)=O)cc3C2)n1. The molecule has 1 aliphatic heterocycles. The second kappa shape index (κ2) is 7.21. The minimum absolute atomic E-state index is 0.137. The van der Waals surface area contributed by atoms with Crippen LogP contribution in [0.4, 0.5) is 17.3 Å². The highest BCUT2D eigenvalue weighted by molar-refractivity contribution is 7.89. The number of sulfonamides is 1. The average Bonchev–Trinajstić information content (AvgIpc) is 2.67. The van der Waals surface area contributed by atoms with Gasteiger partial charge in [0, 0.05) is 24.8 Å². The Morgan fingerprint density at radius 1 is 1.04 bits per heavy atom. The lowest BCUT2D eigenvalue weighted by molar-refractivity contribution is 0.597. The quantitative estimate of drug-likeness (QED) is 0.704. The standard InChI is InChI=1S/C20H21N5O2S/c1-14-22-19(24-17-5-3-2-4-6-17)12-20(23-14)25-10-9-15-7-8-18(28(21,26)27)11-16(15)13-25/h2-8,11-12H,9-10,13H2,1H3,(H2,21,26,27)(H,22,23,24). The maximum absolute atomic E-state index is 11.7. The second-order valence-corrected chi connectivity index (χ2v) is 8.36. The fraction of sp³-hybridized carbons (Fsp3) is 0.200. The number of anilines is 3. The maximum Gasteiger partial charge on any atom is 0.238 e. The van der Waals surface area contributed by atoms with Crippen LogP contribution in [-0.2, 0) is 23.0 Å². The summed E-state index contributed by atoms with van der Waals surface area (Å²) in [4.78, 5) is 11.3. The third kappa shape index (κ3) is 3.97. The molecular formula is C20H21N5O2S. The zero-order valence-corrected chi connectivity index (χ0v) is 16.3. The summed E-state index contributed by atoms with van der Waals surface area (Å²) >= 11 is 0. The first-order valence-electron chi connectivity index (χ1n) is 8.96. The highest BCUT2D eigenvalue weighted by Crippen LogP contribution is 2.27. The lowest BCUT2D eigenvalue weighted by Crippen LogP contribution is -2.31. The van der Waals surface area contributed by atoms with Gasteiger partial charge < -0.3 is 10.2 Å². The number of hydrogen-bond donors (Lipinski definition) is 2. The summed E-state index contributed by atoms with van der Waals surface area (Å²) in [5, 5.41) is 8.58. The molecule has 0 aliphatic carbocycles. The van der Waals surface area contributed by atoms with Crippen molar-refractivity contribution in [2.45, 2.75) is 24.8 Å². The third-order valence-corrected chi connectivity index (χ3v) is 5.62. The topological polar surface area (TPSA) is 101 Å². The lowest BCUT2D eigenvalue weighted by atomic mass is 10.00. The van der Waals surface area contributed by atoms with Crippen molar-refractivity contribution in [3.8, 4) is 0 Å². The molecule has 0 bridgehead atoms. The van der Waals surface area contributed by atoms with E-state index in [1.807, 2.05) is 49.4 Å². The molecule has 2 aromatic carbocycles. The highest BCUT2D eigenvalue weighted by atomic mass is 32.2. The van der Waals surface area contributed by atoms with Crippen molar-refractivity contribution in [1.29, 1.82) is 0 Å². The zero-order chi connectivity index (χ0) is 19.7. The number of benzene rings is 2. The number of para-hydroxylation sites is 1. The third-order valence-electron chi connectivity index (χ3n) is 4.71. The molecule has 0 saturated carbocycles. The van der Waals surface area contributed by atoms with Crippen LogP contribution in [0.3, 0.4) is 0 Å². The average molecular weight is 395 g/mol. The van der Waals surface area contributed by atoms with Gasteiger partial charge in [0.15, 0.2) is 0 Å². The van der Waals surface area contributed by atoms with E-state index in [1.165, 1.54) is 0 Å². The Morgan fingerprint density at radius 3 is 2.57 bits per heavy atom. The molecule has 0 spiro atoms. The van der Waals surface area contributed by atoms with Gasteiger partial charge in [-0.1, -0.05) is 24.3 Å².